The zero-order valence-corrected chi connectivity index (χ0v) is 9.24. The fourth-order valence-corrected chi connectivity index (χ4v) is 2.39. The van der Waals surface area contributed by atoms with Crippen LogP contribution in [0.1, 0.15) is 27.0 Å². The second kappa shape index (κ2) is 3.81. The first kappa shape index (κ1) is 10.2. The van der Waals surface area contributed by atoms with Gasteiger partial charge in [0.15, 0.2) is 5.78 Å². The maximum atomic E-state index is 13.7. The molecule has 3 rings (SSSR count). The molecular formula is C15H11FO. The van der Waals surface area contributed by atoms with E-state index in [1.807, 2.05) is 24.3 Å². The second-order valence-corrected chi connectivity index (χ2v) is 4.25. The van der Waals surface area contributed by atoms with E-state index in [0.717, 1.165) is 12.0 Å². The van der Waals surface area contributed by atoms with Gasteiger partial charge < -0.3 is 0 Å². The minimum Gasteiger partial charge on any atom is -0.289 e. The summed E-state index contributed by atoms with van der Waals surface area (Å²) < 4.78 is 13.7. The molecule has 0 saturated carbocycles. The number of fused-ring (bicyclic) bond motifs is 2. The zero-order valence-electron chi connectivity index (χ0n) is 9.24. The average molecular weight is 226 g/mol. The number of hydrogen-bond donors (Lipinski definition) is 0. The van der Waals surface area contributed by atoms with Crippen molar-refractivity contribution in [1.82, 2.24) is 0 Å². The molecule has 0 aromatic heterocycles. The minimum absolute atomic E-state index is 0.0624. The number of rotatable bonds is 0. The molecular weight excluding hydrogens is 215 g/mol. The summed E-state index contributed by atoms with van der Waals surface area (Å²) in [5.74, 6) is -0.337. The lowest BCUT2D eigenvalue weighted by Crippen LogP contribution is -2.05. The molecule has 0 aliphatic heterocycles. The Kier molecular flexibility index (Phi) is 2.29. The Morgan fingerprint density at radius 1 is 0.882 bits per heavy atom. The quantitative estimate of drug-likeness (QED) is 0.674. The van der Waals surface area contributed by atoms with Gasteiger partial charge in [0.2, 0.25) is 0 Å². The van der Waals surface area contributed by atoms with Gasteiger partial charge >= 0.3 is 0 Å². The molecule has 2 aromatic rings. The van der Waals surface area contributed by atoms with Gasteiger partial charge in [0.05, 0.1) is 0 Å². The molecule has 0 N–H and O–H groups in total. The molecule has 0 bridgehead atoms. The largest absolute Gasteiger partial charge is 0.289 e. The van der Waals surface area contributed by atoms with Crippen LogP contribution in [0.2, 0.25) is 0 Å². The summed E-state index contributed by atoms with van der Waals surface area (Å²) in [6, 6.07) is 12.2. The van der Waals surface area contributed by atoms with Crippen LogP contribution < -0.4 is 0 Å². The Balaban J connectivity index is 2.24. The monoisotopic (exact) mass is 226 g/mol. The minimum atomic E-state index is -0.274. The van der Waals surface area contributed by atoms with Crippen LogP contribution in [-0.2, 0) is 12.8 Å². The summed E-state index contributed by atoms with van der Waals surface area (Å²) in [7, 11) is 0. The third-order valence-electron chi connectivity index (χ3n) is 3.27. The Morgan fingerprint density at radius 2 is 1.65 bits per heavy atom. The topological polar surface area (TPSA) is 17.1 Å². The first-order chi connectivity index (χ1) is 8.27. The highest BCUT2D eigenvalue weighted by molar-refractivity contribution is 6.11. The van der Waals surface area contributed by atoms with Crippen molar-refractivity contribution in [2.75, 3.05) is 0 Å². The van der Waals surface area contributed by atoms with E-state index in [9.17, 15) is 9.18 Å². The van der Waals surface area contributed by atoms with E-state index >= 15 is 0 Å². The van der Waals surface area contributed by atoms with Crippen LogP contribution >= 0.6 is 0 Å². The van der Waals surface area contributed by atoms with Crippen LogP contribution in [0.25, 0.3) is 0 Å². The molecule has 0 fully saturated rings. The number of carbonyl (C=O) groups excluding carboxylic acids is 1. The standard InChI is InChI=1S/C15H11FO/c16-14-7-3-6-13-12(14)9-8-10-4-1-2-5-11(10)15(13)17/h1-7H,8-9H2. The fourth-order valence-electron chi connectivity index (χ4n) is 2.39. The van der Waals surface area contributed by atoms with Crippen molar-refractivity contribution in [3.63, 3.8) is 0 Å². The molecule has 84 valence electrons. The van der Waals surface area contributed by atoms with Crippen LogP contribution in [0.3, 0.4) is 0 Å². The summed E-state index contributed by atoms with van der Waals surface area (Å²) in [5.41, 5.74) is 2.77. The number of hydrogen-bond acceptors (Lipinski definition) is 1. The molecule has 0 unspecified atom stereocenters. The molecule has 0 atom stereocenters. The van der Waals surface area contributed by atoms with Gasteiger partial charge in [-0.2, -0.15) is 0 Å². The molecule has 0 radical (unpaired) electrons. The Bertz CT molecular complexity index is 602. The van der Waals surface area contributed by atoms with Gasteiger partial charge in [0.1, 0.15) is 5.82 Å². The fraction of sp³-hybridized carbons (Fsp3) is 0.133. The van der Waals surface area contributed by atoms with Gasteiger partial charge in [-0.25, -0.2) is 4.39 Å². The SMILES string of the molecule is O=C1c2ccccc2CCc2c(F)cccc21. The highest BCUT2D eigenvalue weighted by Crippen LogP contribution is 2.25. The Labute approximate surface area is 98.9 Å². The van der Waals surface area contributed by atoms with Crippen LogP contribution in [-0.4, -0.2) is 5.78 Å². The molecule has 1 aliphatic rings. The van der Waals surface area contributed by atoms with Gasteiger partial charge in [0.25, 0.3) is 0 Å². The highest BCUT2D eigenvalue weighted by atomic mass is 19.1. The van der Waals surface area contributed by atoms with Gasteiger partial charge in [-0.1, -0.05) is 36.4 Å². The van der Waals surface area contributed by atoms with Crippen molar-refractivity contribution < 1.29 is 9.18 Å². The number of ketones is 1. The Hall–Kier alpha value is -1.96. The lowest BCUT2D eigenvalue weighted by atomic mass is 9.99. The lowest BCUT2D eigenvalue weighted by Gasteiger charge is -2.05. The highest BCUT2D eigenvalue weighted by Gasteiger charge is 2.22. The molecule has 0 spiro atoms. The van der Waals surface area contributed by atoms with Gasteiger partial charge in [0, 0.05) is 11.1 Å². The predicted octanol–water partition coefficient (Wildman–Crippen LogP) is 3.16. The van der Waals surface area contributed by atoms with E-state index in [4.69, 9.17) is 0 Å². The Morgan fingerprint density at radius 3 is 2.53 bits per heavy atom. The summed E-state index contributed by atoms with van der Waals surface area (Å²) in [5, 5.41) is 0. The van der Waals surface area contributed by atoms with E-state index < -0.39 is 0 Å². The van der Waals surface area contributed by atoms with Crippen LogP contribution in [0.4, 0.5) is 4.39 Å². The first-order valence-electron chi connectivity index (χ1n) is 5.67. The molecule has 0 heterocycles. The van der Waals surface area contributed by atoms with Crippen molar-refractivity contribution in [2.45, 2.75) is 12.8 Å². The van der Waals surface area contributed by atoms with Crippen molar-refractivity contribution in [1.29, 1.82) is 0 Å². The van der Waals surface area contributed by atoms with E-state index in [1.54, 1.807) is 12.1 Å². The molecule has 0 saturated heterocycles. The average Bonchev–Trinajstić information content (AvgIpc) is 2.50. The first-order valence-corrected chi connectivity index (χ1v) is 5.67. The van der Waals surface area contributed by atoms with Gasteiger partial charge in [-0.15, -0.1) is 0 Å². The number of benzene rings is 2. The smallest absolute Gasteiger partial charge is 0.193 e. The van der Waals surface area contributed by atoms with E-state index in [-0.39, 0.29) is 11.6 Å². The third kappa shape index (κ3) is 1.57. The normalized spacial score (nSPS) is 13.8. The molecule has 1 aliphatic carbocycles. The van der Waals surface area contributed by atoms with Gasteiger partial charge in [-0.3, -0.25) is 4.79 Å². The summed E-state index contributed by atoms with van der Waals surface area (Å²) in [4.78, 5) is 12.3. The van der Waals surface area contributed by atoms with Crippen molar-refractivity contribution in [3.8, 4) is 0 Å². The van der Waals surface area contributed by atoms with Crippen molar-refractivity contribution in [2.24, 2.45) is 0 Å². The number of halogens is 1. The second-order valence-electron chi connectivity index (χ2n) is 4.25. The molecule has 2 heteroatoms. The summed E-state index contributed by atoms with van der Waals surface area (Å²) in [6.07, 6.45) is 1.31. The number of carbonyl (C=O) groups is 1. The summed E-state index contributed by atoms with van der Waals surface area (Å²) >= 11 is 0. The molecule has 17 heavy (non-hydrogen) atoms. The van der Waals surface area contributed by atoms with E-state index in [0.29, 0.717) is 23.1 Å². The summed E-state index contributed by atoms with van der Waals surface area (Å²) in [6.45, 7) is 0. The maximum Gasteiger partial charge on any atom is 0.193 e. The molecule has 1 nitrogen and oxygen atoms in total. The maximum absolute atomic E-state index is 13.7. The van der Waals surface area contributed by atoms with E-state index in [2.05, 4.69) is 0 Å². The zero-order chi connectivity index (χ0) is 11.8. The van der Waals surface area contributed by atoms with Crippen molar-refractivity contribution in [3.05, 3.63) is 70.5 Å². The third-order valence-corrected chi connectivity index (χ3v) is 3.27. The number of aryl methyl sites for hydroxylation is 1. The van der Waals surface area contributed by atoms with E-state index in [1.165, 1.54) is 6.07 Å². The molecule has 0 amide bonds. The van der Waals surface area contributed by atoms with Crippen LogP contribution in [0.5, 0.6) is 0 Å². The lowest BCUT2D eigenvalue weighted by molar-refractivity contribution is 0.103. The van der Waals surface area contributed by atoms with Crippen molar-refractivity contribution >= 4 is 5.78 Å². The van der Waals surface area contributed by atoms with Crippen LogP contribution in [0, 0.1) is 5.82 Å². The predicted molar refractivity (Wildman–Crippen MR) is 63.7 cm³/mol. The molecule has 2 aromatic carbocycles. The van der Waals surface area contributed by atoms with Gasteiger partial charge in [-0.05, 0) is 30.0 Å². The van der Waals surface area contributed by atoms with Crippen LogP contribution in [0.15, 0.2) is 42.5 Å².